The Morgan fingerprint density at radius 2 is 1.06 bits per heavy atom. The maximum atomic E-state index is 13.1. The van der Waals surface area contributed by atoms with Gasteiger partial charge in [-0.15, -0.1) is 22.7 Å². The molecule has 6 rings (SSSR count). The molecule has 0 fully saturated rings. The maximum absolute atomic E-state index is 13.1. The normalized spacial score (nSPS) is 11.6. The molecule has 0 saturated heterocycles. The third kappa shape index (κ3) is 8.55. The number of para-hydroxylation sites is 2. The summed E-state index contributed by atoms with van der Waals surface area (Å²) < 4.78 is 4.06. The minimum Gasteiger partial charge on any atom is -0.325 e. The Balaban J connectivity index is 1.13. The molecule has 252 valence electrons. The number of thiazole rings is 2. The molecule has 6 aromatic rings. The number of anilines is 2. The van der Waals surface area contributed by atoms with Crippen LogP contribution in [0.5, 0.6) is 0 Å². The summed E-state index contributed by atoms with van der Waals surface area (Å²) in [5, 5.41) is 6.43. The van der Waals surface area contributed by atoms with Crippen molar-refractivity contribution < 1.29 is 9.59 Å². The zero-order valence-corrected chi connectivity index (χ0v) is 31.8. The van der Waals surface area contributed by atoms with Crippen molar-refractivity contribution in [2.45, 2.75) is 68.5 Å². The van der Waals surface area contributed by atoms with E-state index in [1.54, 1.807) is 22.7 Å². The lowest BCUT2D eigenvalue weighted by Crippen LogP contribution is -2.17. The van der Waals surface area contributed by atoms with Gasteiger partial charge in [0.25, 0.3) is 0 Å². The van der Waals surface area contributed by atoms with Gasteiger partial charge in [-0.2, -0.15) is 0 Å². The fourth-order valence-corrected chi connectivity index (χ4v) is 9.64. The van der Waals surface area contributed by atoms with Crippen LogP contribution in [0.3, 0.4) is 0 Å². The number of hydrogen-bond donors (Lipinski definition) is 2. The molecule has 0 atom stereocenters. The van der Waals surface area contributed by atoms with Gasteiger partial charge in [-0.05, 0) is 89.8 Å². The quantitative estimate of drug-likeness (QED) is 0.122. The first-order chi connectivity index (χ1) is 23.5. The predicted octanol–water partition coefficient (Wildman–Crippen LogP) is 10.8. The van der Waals surface area contributed by atoms with Gasteiger partial charge in [-0.25, -0.2) is 9.97 Å². The number of fused-ring (bicyclic) bond motifs is 2. The standard InChI is InChI=1S/C39H40N4O2S4/c1-22(2)28-18-26(15-24(5)36(28)42-34(44)20-46-38-40-30-11-7-9-13-32(30)48-38)17-27-16-25(6)37(29(19-27)23(3)4)43-35(45)21-47-39-41-31-12-8-10-14-33(31)49-39/h7-16,18-19,22-23H,17,20-21H2,1-6H3,(H,42,44)(H,43,45). The molecule has 2 heterocycles. The van der Waals surface area contributed by atoms with Crippen LogP contribution in [0, 0.1) is 13.8 Å². The molecule has 0 aliphatic heterocycles. The molecule has 10 heteroatoms. The Kier molecular flexibility index (Phi) is 11.1. The fraction of sp³-hybridized carbons (Fsp3) is 0.282. The highest BCUT2D eigenvalue weighted by atomic mass is 32.2. The van der Waals surface area contributed by atoms with E-state index in [1.807, 2.05) is 36.4 Å². The highest BCUT2D eigenvalue weighted by Crippen LogP contribution is 2.35. The fourth-order valence-electron chi connectivity index (χ4n) is 5.91. The second kappa shape index (κ2) is 15.5. The average molecular weight is 725 g/mol. The van der Waals surface area contributed by atoms with Crippen molar-refractivity contribution in [3.05, 3.63) is 106 Å². The van der Waals surface area contributed by atoms with Gasteiger partial charge in [0, 0.05) is 11.4 Å². The lowest BCUT2D eigenvalue weighted by atomic mass is 9.90. The summed E-state index contributed by atoms with van der Waals surface area (Å²) in [4.78, 5) is 35.5. The number of nitrogens with one attached hydrogen (secondary N) is 2. The summed E-state index contributed by atoms with van der Waals surface area (Å²) in [5.74, 6) is 1.01. The van der Waals surface area contributed by atoms with E-state index in [0.29, 0.717) is 11.5 Å². The van der Waals surface area contributed by atoms with E-state index in [-0.39, 0.29) is 23.7 Å². The van der Waals surface area contributed by atoms with Gasteiger partial charge in [0.15, 0.2) is 8.68 Å². The molecule has 0 aliphatic carbocycles. The monoisotopic (exact) mass is 724 g/mol. The van der Waals surface area contributed by atoms with E-state index < -0.39 is 0 Å². The number of aromatic nitrogens is 2. The highest BCUT2D eigenvalue weighted by Gasteiger charge is 2.18. The Hall–Kier alpha value is -3.70. The average Bonchev–Trinajstić information content (AvgIpc) is 3.68. The number of aryl methyl sites for hydroxylation is 2. The number of carbonyl (C=O) groups excluding carboxylic acids is 2. The van der Waals surface area contributed by atoms with Crippen LogP contribution in [0.25, 0.3) is 20.4 Å². The first-order valence-corrected chi connectivity index (χ1v) is 20.0. The van der Waals surface area contributed by atoms with E-state index in [2.05, 4.69) is 98.5 Å². The molecule has 2 amide bonds. The minimum absolute atomic E-state index is 0.0321. The predicted molar refractivity (Wildman–Crippen MR) is 211 cm³/mol. The summed E-state index contributed by atoms with van der Waals surface area (Å²) in [6.07, 6.45) is 0.754. The Labute approximate surface area is 304 Å². The van der Waals surface area contributed by atoms with Crippen molar-refractivity contribution >= 4 is 89.8 Å². The van der Waals surface area contributed by atoms with Crippen LogP contribution >= 0.6 is 46.2 Å². The topological polar surface area (TPSA) is 84.0 Å². The van der Waals surface area contributed by atoms with Gasteiger partial charge in [-0.1, -0.05) is 99.7 Å². The number of benzene rings is 4. The lowest BCUT2D eigenvalue weighted by Gasteiger charge is -2.20. The lowest BCUT2D eigenvalue weighted by molar-refractivity contribution is -0.114. The van der Waals surface area contributed by atoms with Crippen molar-refractivity contribution in [2.24, 2.45) is 0 Å². The summed E-state index contributed by atoms with van der Waals surface area (Å²) in [5.41, 5.74) is 10.5. The molecule has 6 nitrogen and oxygen atoms in total. The van der Waals surface area contributed by atoms with Crippen molar-refractivity contribution in [1.29, 1.82) is 0 Å². The van der Waals surface area contributed by atoms with Crippen molar-refractivity contribution in [3.63, 3.8) is 0 Å². The molecular weight excluding hydrogens is 685 g/mol. The van der Waals surface area contributed by atoms with Crippen LogP contribution in [0.1, 0.15) is 72.9 Å². The third-order valence-corrected chi connectivity index (χ3v) is 12.6. The van der Waals surface area contributed by atoms with Crippen LogP contribution < -0.4 is 10.6 Å². The molecule has 0 radical (unpaired) electrons. The van der Waals surface area contributed by atoms with Crippen LogP contribution in [0.15, 0.2) is 81.5 Å². The number of amides is 2. The molecule has 2 N–H and O–H groups in total. The Morgan fingerprint density at radius 1 is 0.653 bits per heavy atom. The number of rotatable bonds is 12. The van der Waals surface area contributed by atoms with Crippen LogP contribution in [0.2, 0.25) is 0 Å². The number of hydrogen-bond acceptors (Lipinski definition) is 8. The van der Waals surface area contributed by atoms with Crippen LogP contribution in [0.4, 0.5) is 11.4 Å². The minimum atomic E-state index is -0.0321. The highest BCUT2D eigenvalue weighted by molar-refractivity contribution is 8.02. The van der Waals surface area contributed by atoms with Gasteiger partial charge >= 0.3 is 0 Å². The molecule has 2 aromatic heterocycles. The Morgan fingerprint density at radius 3 is 1.45 bits per heavy atom. The number of thioether (sulfide) groups is 2. The molecule has 0 bridgehead atoms. The smallest absolute Gasteiger partial charge is 0.234 e. The number of carbonyl (C=O) groups is 2. The summed E-state index contributed by atoms with van der Waals surface area (Å²) in [6, 6.07) is 24.9. The SMILES string of the molecule is Cc1cc(Cc2cc(C)c(NC(=O)CSc3nc4ccccc4s3)c(C(C)C)c2)cc(C(C)C)c1NC(=O)CSc1nc2ccccc2s1. The van der Waals surface area contributed by atoms with E-state index in [1.165, 1.54) is 34.7 Å². The van der Waals surface area contributed by atoms with E-state index in [0.717, 1.165) is 69.2 Å². The van der Waals surface area contributed by atoms with Crippen LogP contribution in [-0.4, -0.2) is 33.3 Å². The van der Waals surface area contributed by atoms with Crippen LogP contribution in [-0.2, 0) is 16.0 Å². The van der Waals surface area contributed by atoms with Crippen molar-refractivity contribution in [2.75, 3.05) is 22.1 Å². The largest absolute Gasteiger partial charge is 0.325 e. The first-order valence-electron chi connectivity index (χ1n) is 16.4. The number of nitrogens with zero attached hydrogens (tertiary/aromatic N) is 2. The van der Waals surface area contributed by atoms with Gasteiger partial charge in [0.2, 0.25) is 11.8 Å². The van der Waals surface area contributed by atoms with Gasteiger partial charge in [-0.3, -0.25) is 9.59 Å². The first kappa shape index (κ1) is 35.1. The van der Waals surface area contributed by atoms with Gasteiger partial charge in [0.05, 0.1) is 31.9 Å². The van der Waals surface area contributed by atoms with E-state index >= 15 is 0 Å². The second-order valence-electron chi connectivity index (χ2n) is 12.8. The molecule has 49 heavy (non-hydrogen) atoms. The van der Waals surface area contributed by atoms with Gasteiger partial charge in [0.1, 0.15) is 0 Å². The summed E-state index contributed by atoms with van der Waals surface area (Å²) >= 11 is 6.19. The zero-order valence-electron chi connectivity index (χ0n) is 28.5. The molecule has 4 aromatic carbocycles. The van der Waals surface area contributed by atoms with Gasteiger partial charge < -0.3 is 10.6 Å². The Bertz CT molecular complexity index is 1930. The third-order valence-electron chi connectivity index (χ3n) is 8.23. The molecule has 0 unspecified atom stereocenters. The van der Waals surface area contributed by atoms with E-state index in [9.17, 15) is 9.59 Å². The van der Waals surface area contributed by atoms with Crippen molar-refractivity contribution in [1.82, 2.24) is 9.97 Å². The molecule has 0 aliphatic rings. The molecule has 0 saturated carbocycles. The van der Waals surface area contributed by atoms with Crippen molar-refractivity contribution in [3.8, 4) is 0 Å². The zero-order chi connectivity index (χ0) is 34.7. The van der Waals surface area contributed by atoms with E-state index in [4.69, 9.17) is 0 Å². The molecular formula is C39H40N4O2S4. The summed E-state index contributed by atoms with van der Waals surface area (Å²) in [6.45, 7) is 12.8. The maximum Gasteiger partial charge on any atom is 0.234 e. The second-order valence-corrected chi connectivity index (χ2v) is 17.3. The molecule has 0 spiro atoms. The summed E-state index contributed by atoms with van der Waals surface area (Å²) in [7, 11) is 0.